The third-order valence-electron chi connectivity index (χ3n) is 2.25. The number of aryl methyl sites for hydroxylation is 1. The molecule has 2 rings (SSSR count). The van der Waals surface area contributed by atoms with Crippen molar-refractivity contribution in [2.75, 3.05) is 5.75 Å². The van der Waals surface area contributed by atoms with E-state index < -0.39 is 0 Å². The molecule has 1 aliphatic rings. The summed E-state index contributed by atoms with van der Waals surface area (Å²) in [6.07, 6.45) is 2.44. The van der Waals surface area contributed by atoms with E-state index in [9.17, 15) is 0 Å². The van der Waals surface area contributed by atoms with E-state index in [1.807, 2.05) is 18.7 Å². The van der Waals surface area contributed by atoms with Crippen molar-refractivity contribution in [1.29, 1.82) is 0 Å². The standard InChI is InChI=1S/C9H13NO2S/c1-6-9(7-3-2-4-13-7)10-8(5-11)12-6/h7,11H,2-5H2,1H3. The van der Waals surface area contributed by atoms with Crippen molar-refractivity contribution in [3.05, 3.63) is 17.3 Å². The average Bonchev–Trinajstić information content (AvgIpc) is 2.72. The maximum Gasteiger partial charge on any atom is 0.220 e. The van der Waals surface area contributed by atoms with Crippen molar-refractivity contribution in [2.24, 2.45) is 0 Å². The minimum Gasteiger partial charge on any atom is -0.443 e. The first-order valence-electron chi connectivity index (χ1n) is 4.50. The van der Waals surface area contributed by atoms with E-state index in [1.165, 1.54) is 18.6 Å². The van der Waals surface area contributed by atoms with Crippen molar-refractivity contribution in [1.82, 2.24) is 4.98 Å². The highest BCUT2D eigenvalue weighted by Crippen LogP contribution is 2.40. The summed E-state index contributed by atoms with van der Waals surface area (Å²) in [6, 6.07) is 0. The van der Waals surface area contributed by atoms with Crippen LogP contribution in [0.4, 0.5) is 0 Å². The number of aromatic nitrogens is 1. The second kappa shape index (κ2) is 3.72. The van der Waals surface area contributed by atoms with E-state index in [1.54, 1.807) is 0 Å². The Hall–Kier alpha value is -0.480. The minimum absolute atomic E-state index is 0.0990. The van der Waals surface area contributed by atoms with Gasteiger partial charge >= 0.3 is 0 Å². The molecule has 72 valence electrons. The Labute approximate surface area is 81.5 Å². The zero-order valence-corrected chi connectivity index (χ0v) is 8.43. The van der Waals surface area contributed by atoms with Crippen molar-refractivity contribution in [3.8, 4) is 0 Å². The Bertz CT molecular complexity index is 292. The van der Waals surface area contributed by atoms with Gasteiger partial charge in [0.25, 0.3) is 0 Å². The van der Waals surface area contributed by atoms with Gasteiger partial charge in [-0.3, -0.25) is 0 Å². The van der Waals surface area contributed by atoms with Crippen molar-refractivity contribution in [3.63, 3.8) is 0 Å². The molecule has 0 amide bonds. The summed E-state index contributed by atoms with van der Waals surface area (Å²) in [5.74, 6) is 2.52. The molecule has 1 aromatic heterocycles. The van der Waals surface area contributed by atoms with Gasteiger partial charge in [-0.25, -0.2) is 4.98 Å². The fourth-order valence-corrected chi connectivity index (χ4v) is 2.95. The van der Waals surface area contributed by atoms with Crippen LogP contribution < -0.4 is 0 Å². The molecule has 1 saturated heterocycles. The van der Waals surface area contributed by atoms with Crippen LogP contribution in [-0.2, 0) is 6.61 Å². The lowest BCUT2D eigenvalue weighted by Gasteiger charge is -2.03. The minimum atomic E-state index is -0.0990. The van der Waals surface area contributed by atoms with Gasteiger partial charge in [-0.05, 0) is 25.5 Å². The molecule has 0 aliphatic carbocycles. The Morgan fingerprint density at radius 1 is 1.69 bits per heavy atom. The monoisotopic (exact) mass is 199 g/mol. The van der Waals surface area contributed by atoms with Crippen molar-refractivity contribution >= 4 is 11.8 Å². The summed E-state index contributed by atoms with van der Waals surface area (Å²) >= 11 is 1.93. The first kappa shape index (κ1) is 9.09. The Balaban J connectivity index is 2.22. The van der Waals surface area contributed by atoms with Gasteiger partial charge in [0.05, 0.1) is 10.9 Å². The van der Waals surface area contributed by atoms with E-state index in [0.29, 0.717) is 11.1 Å². The third-order valence-corrected chi connectivity index (χ3v) is 3.63. The number of hydrogen-bond acceptors (Lipinski definition) is 4. The smallest absolute Gasteiger partial charge is 0.220 e. The summed E-state index contributed by atoms with van der Waals surface area (Å²) in [6.45, 7) is 1.82. The molecule has 0 bridgehead atoms. The molecule has 0 aromatic carbocycles. The second-order valence-corrected chi connectivity index (χ2v) is 4.52. The largest absolute Gasteiger partial charge is 0.443 e. The molecular formula is C9H13NO2S. The number of rotatable bonds is 2. The van der Waals surface area contributed by atoms with Gasteiger partial charge in [-0.15, -0.1) is 0 Å². The third kappa shape index (κ3) is 1.74. The second-order valence-electron chi connectivity index (χ2n) is 3.21. The first-order valence-corrected chi connectivity index (χ1v) is 5.55. The fraction of sp³-hybridized carbons (Fsp3) is 0.667. The van der Waals surface area contributed by atoms with Crippen LogP contribution in [0, 0.1) is 6.92 Å². The highest BCUT2D eigenvalue weighted by atomic mass is 32.2. The molecule has 4 heteroatoms. The quantitative estimate of drug-likeness (QED) is 0.791. The molecule has 3 nitrogen and oxygen atoms in total. The topological polar surface area (TPSA) is 46.3 Å². The molecule has 1 fully saturated rings. The molecule has 0 spiro atoms. The summed E-state index contributed by atoms with van der Waals surface area (Å²) in [5.41, 5.74) is 1.03. The summed E-state index contributed by atoms with van der Waals surface area (Å²) in [5, 5.41) is 9.34. The first-order chi connectivity index (χ1) is 6.31. The molecule has 1 N–H and O–H groups in total. The summed E-state index contributed by atoms with van der Waals surface area (Å²) in [7, 11) is 0. The fourth-order valence-electron chi connectivity index (χ4n) is 1.62. The predicted molar refractivity (Wildman–Crippen MR) is 51.6 cm³/mol. The Morgan fingerprint density at radius 3 is 3.08 bits per heavy atom. The van der Waals surface area contributed by atoms with Crippen molar-refractivity contribution in [2.45, 2.75) is 31.6 Å². The van der Waals surface area contributed by atoms with E-state index in [4.69, 9.17) is 9.52 Å². The molecule has 1 atom stereocenters. The van der Waals surface area contributed by atoms with E-state index in [-0.39, 0.29) is 6.61 Å². The molecule has 1 aromatic rings. The van der Waals surface area contributed by atoms with Crippen LogP contribution in [0.1, 0.15) is 35.4 Å². The maximum absolute atomic E-state index is 8.86. The van der Waals surface area contributed by atoms with Gasteiger partial charge in [0, 0.05) is 0 Å². The van der Waals surface area contributed by atoms with Crippen LogP contribution in [-0.4, -0.2) is 15.8 Å². The zero-order valence-electron chi connectivity index (χ0n) is 7.62. The van der Waals surface area contributed by atoms with Crippen LogP contribution in [0.2, 0.25) is 0 Å². The predicted octanol–water partition coefficient (Wildman–Crippen LogP) is 2.04. The molecule has 13 heavy (non-hydrogen) atoms. The normalized spacial score (nSPS) is 22.5. The highest BCUT2D eigenvalue weighted by Gasteiger charge is 2.23. The molecular weight excluding hydrogens is 186 g/mol. The molecule has 0 radical (unpaired) electrons. The van der Waals surface area contributed by atoms with Gasteiger partial charge < -0.3 is 9.52 Å². The Morgan fingerprint density at radius 2 is 2.54 bits per heavy atom. The SMILES string of the molecule is Cc1oc(CO)nc1C1CCCS1. The van der Waals surface area contributed by atoms with Gasteiger partial charge in [0.1, 0.15) is 12.4 Å². The van der Waals surface area contributed by atoms with Crippen LogP contribution in [0.5, 0.6) is 0 Å². The number of nitrogens with zero attached hydrogens (tertiary/aromatic N) is 1. The average molecular weight is 199 g/mol. The molecule has 2 heterocycles. The van der Waals surface area contributed by atoms with Crippen LogP contribution in [0.15, 0.2) is 4.42 Å². The summed E-state index contributed by atoms with van der Waals surface area (Å²) in [4.78, 5) is 4.27. The van der Waals surface area contributed by atoms with Crippen LogP contribution in [0.3, 0.4) is 0 Å². The zero-order chi connectivity index (χ0) is 9.26. The molecule has 1 aliphatic heterocycles. The Kier molecular flexibility index (Phi) is 2.60. The number of thioether (sulfide) groups is 1. The lowest BCUT2D eigenvalue weighted by molar-refractivity contribution is 0.238. The van der Waals surface area contributed by atoms with Crippen LogP contribution >= 0.6 is 11.8 Å². The van der Waals surface area contributed by atoms with Gasteiger partial charge in [-0.1, -0.05) is 0 Å². The lowest BCUT2D eigenvalue weighted by atomic mass is 10.2. The molecule has 0 saturated carbocycles. The van der Waals surface area contributed by atoms with Crippen molar-refractivity contribution < 1.29 is 9.52 Å². The van der Waals surface area contributed by atoms with E-state index >= 15 is 0 Å². The number of oxazole rings is 1. The summed E-state index contributed by atoms with van der Waals surface area (Å²) < 4.78 is 5.30. The number of aliphatic hydroxyl groups excluding tert-OH is 1. The van der Waals surface area contributed by atoms with Gasteiger partial charge in [0.2, 0.25) is 5.89 Å². The molecule has 1 unspecified atom stereocenters. The number of hydrogen-bond donors (Lipinski definition) is 1. The van der Waals surface area contributed by atoms with E-state index in [0.717, 1.165) is 11.5 Å². The van der Waals surface area contributed by atoms with Gasteiger partial charge in [0.15, 0.2) is 0 Å². The van der Waals surface area contributed by atoms with Gasteiger partial charge in [-0.2, -0.15) is 11.8 Å². The lowest BCUT2D eigenvalue weighted by Crippen LogP contribution is -1.92. The number of aliphatic hydroxyl groups is 1. The maximum atomic E-state index is 8.86. The van der Waals surface area contributed by atoms with Crippen LogP contribution in [0.25, 0.3) is 0 Å². The van der Waals surface area contributed by atoms with E-state index in [2.05, 4.69) is 4.98 Å². The highest BCUT2D eigenvalue weighted by molar-refractivity contribution is 7.99.